The van der Waals surface area contributed by atoms with Crippen LogP contribution in [0.4, 0.5) is 0 Å². The van der Waals surface area contributed by atoms with E-state index in [9.17, 15) is 13.0 Å². The lowest BCUT2D eigenvalue weighted by atomic mass is 9.44. The van der Waals surface area contributed by atoms with Crippen LogP contribution in [0.15, 0.2) is 42.5 Å². The highest BCUT2D eigenvalue weighted by Crippen LogP contribution is 2.67. The maximum atomic E-state index is 15.3. The van der Waals surface area contributed by atoms with E-state index < -0.39 is 21.5 Å². The Morgan fingerprint density at radius 3 is 1.26 bits per heavy atom. The molecule has 12 saturated carbocycles. The summed E-state index contributed by atoms with van der Waals surface area (Å²) >= 11 is 0. The quantitative estimate of drug-likeness (QED) is 0.231. The molecular weight excluding hydrogens is 641 g/mol. The van der Waals surface area contributed by atoms with Gasteiger partial charge in [-0.05, 0) is 202 Å². The van der Waals surface area contributed by atoms with Crippen molar-refractivity contribution in [1.29, 1.82) is 0 Å². The second kappa shape index (κ2) is 10.7. The third kappa shape index (κ3) is 4.78. The molecule has 12 fully saturated rings. The van der Waals surface area contributed by atoms with Gasteiger partial charge in [0.05, 0.1) is 5.56 Å². The van der Waals surface area contributed by atoms with E-state index in [1.165, 1.54) is 93.7 Å². The number of carbonyl (C=O) groups excluding carboxylic acids is 1. The first-order valence-electron chi connectivity index (χ1n) is 20.5. The zero-order valence-electron chi connectivity index (χ0n) is 29.5. The van der Waals surface area contributed by atoms with E-state index in [0.717, 1.165) is 56.3 Å². The van der Waals surface area contributed by atoms with E-state index in [-0.39, 0.29) is 16.2 Å². The van der Waals surface area contributed by atoms with Crippen LogP contribution in [0.2, 0.25) is 0 Å². The van der Waals surface area contributed by atoms with E-state index in [1.807, 2.05) is 6.07 Å². The number of benzene rings is 2. The van der Waals surface area contributed by atoms with E-state index >= 15 is 4.79 Å². The number of esters is 1. The second-order valence-corrected chi connectivity index (χ2v) is 21.7. The number of hydrogen-bond donors (Lipinski definition) is 1. The van der Waals surface area contributed by atoms with Gasteiger partial charge in [-0.1, -0.05) is 42.5 Å². The molecule has 0 radical (unpaired) electrons. The molecule has 0 heterocycles. The van der Waals surface area contributed by atoms with Crippen molar-refractivity contribution in [3.63, 3.8) is 0 Å². The molecule has 2 aromatic carbocycles. The summed E-state index contributed by atoms with van der Waals surface area (Å²) < 4.78 is 42.8. The van der Waals surface area contributed by atoms with Gasteiger partial charge in [-0.25, -0.2) is 4.79 Å². The summed E-state index contributed by atoms with van der Waals surface area (Å²) in [5.74, 6) is 6.26. The van der Waals surface area contributed by atoms with Crippen LogP contribution in [0, 0.1) is 53.3 Å². The normalized spacial score (nSPS) is 45.3. The zero-order chi connectivity index (χ0) is 33.6. The van der Waals surface area contributed by atoms with Crippen LogP contribution in [0.25, 0.3) is 0 Å². The molecule has 0 aromatic heterocycles. The molecule has 0 saturated heterocycles. The Balaban J connectivity index is 1.14. The molecule has 1 atom stereocenters. The van der Waals surface area contributed by atoms with Gasteiger partial charge in [0.1, 0.15) is 0 Å². The first-order chi connectivity index (χ1) is 24.0. The van der Waals surface area contributed by atoms with Gasteiger partial charge < -0.3 is 4.74 Å². The average Bonchev–Trinajstić information content (AvgIpc) is 3.04. The summed E-state index contributed by atoms with van der Waals surface area (Å²) in [7, 11) is -4.72. The van der Waals surface area contributed by atoms with E-state index in [4.69, 9.17) is 4.74 Å². The number of carbonyl (C=O) groups is 1. The van der Waals surface area contributed by atoms with E-state index in [0.29, 0.717) is 46.6 Å². The third-order valence-corrected chi connectivity index (χ3v) is 17.7. The molecular formula is C44H54O5S. The van der Waals surface area contributed by atoms with E-state index in [1.54, 1.807) is 24.3 Å². The van der Waals surface area contributed by atoms with Crippen molar-refractivity contribution in [3.8, 4) is 0 Å². The lowest BCUT2D eigenvalue weighted by Crippen LogP contribution is -2.52. The van der Waals surface area contributed by atoms with Gasteiger partial charge in [0.25, 0.3) is 5.44 Å². The Morgan fingerprint density at radius 1 is 0.580 bits per heavy atom. The largest absolute Gasteiger partial charge is 0.435 e. The fourth-order valence-electron chi connectivity index (χ4n) is 16.4. The Labute approximate surface area is 298 Å². The van der Waals surface area contributed by atoms with E-state index in [2.05, 4.69) is 12.1 Å². The van der Waals surface area contributed by atoms with Crippen molar-refractivity contribution < 1.29 is 22.5 Å². The first-order valence-corrected chi connectivity index (χ1v) is 22.0. The number of hydrogen-bond acceptors (Lipinski definition) is 4. The first kappa shape index (κ1) is 31.4. The van der Waals surface area contributed by atoms with Crippen molar-refractivity contribution in [2.75, 3.05) is 0 Å². The third-order valence-electron chi connectivity index (χ3n) is 16.8. The molecule has 0 spiro atoms. The molecule has 1 N–H and O–H groups in total. The summed E-state index contributed by atoms with van der Waals surface area (Å²) in [6.07, 6.45) is 22.9. The smallest absolute Gasteiger partial charge is 0.340 e. The topological polar surface area (TPSA) is 80.7 Å². The van der Waals surface area contributed by atoms with Crippen LogP contribution in [-0.2, 0) is 31.1 Å². The minimum absolute atomic E-state index is 0.0568. The molecule has 12 aliphatic carbocycles. The monoisotopic (exact) mass is 694 g/mol. The zero-order valence-corrected chi connectivity index (χ0v) is 30.3. The van der Waals surface area contributed by atoms with Crippen molar-refractivity contribution in [2.45, 2.75) is 137 Å². The van der Waals surface area contributed by atoms with Crippen molar-refractivity contribution >= 4 is 16.1 Å². The molecule has 14 rings (SSSR count). The maximum absolute atomic E-state index is 15.3. The van der Waals surface area contributed by atoms with Crippen LogP contribution in [0.1, 0.15) is 154 Å². The lowest BCUT2D eigenvalue weighted by Gasteiger charge is -2.60. The highest BCUT2D eigenvalue weighted by Gasteiger charge is 2.58. The summed E-state index contributed by atoms with van der Waals surface area (Å²) in [5.41, 5.74) is 3.33. The van der Waals surface area contributed by atoms with Crippen LogP contribution in [0.3, 0.4) is 0 Å². The maximum Gasteiger partial charge on any atom is 0.340 e. The van der Waals surface area contributed by atoms with Gasteiger partial charge in [-0.2, -0.15) is 8.42 Å². The summed E-state index contributed by atoms with van der Waals surface area (Å²) in [5, 5.41) is 0. The minimum atomic E-state index is -4.72. The molecule has 2 aromatic rings. The Hall–Kier alpha value is -2.18. The fourth-order valence-corrected chi connectivity index (χ4v) is 17.1. The highest BCUT2D eigenvalue weighted by molar-refractivity contribution is 7.85. The Morgan fingerprint density at radius 2 is 0.920 bits per heavy atom. The summed E-state index contributed by atoms with van der Waals surface area (Å²) in [4.78, 5) is 15.3. The minimum Gasteiger partial charge on any atom is -0.435 e. The van der Waals surface area contributed by atoms with Crippen molar-refractivity contribution in [1.82, 2.24) is 0 Å². The van der Waals surface area contributed by atoms with Crippen LogP contribution >= 0.6 is 0 Å². The molecule has 5 nitrogen and oxygen atoms in total. The Kier molecular flexibility index (Phi) is 6.71. The highest BCUT2D eigenvalue weighted by atomic mass is 32.2. The van der Waals surface area contributed by atoms with Gasteiger partial charge in [0, 0.05) is 5.56 Å². The molecule has 12 aliphatic rings. The molecule has 0 aliphatic heterocycles. The molecule has 0 amide bonds. The van der Waals surface area contributed by atoms with Gasteiger partial charge in [0.15, 0.2) is 0 Å². The van der Waals surface area contributed by atoms with Crippen LogP contribution in [-0.4, -0.2) is 18.9 Å². The van der Waals surface area contributed by atoms with Crippen molar-refractivity contribution in [3.05, 3.63) is 70.3 Å². The van der Waals surface area contributed by atoms with Gasteiger partial charge in [0.2, 0.25) is 0 Å². The summed E-state index contributed by atoms with van der Waals surface area (Å²) in [6, 6.07) is 13.7. The summed E-state index contributed by atoms with van der Waals surface area (Å²) in [6.45, 7) is 0. The molecule has 12 bridgehead atoms. The van der Waals surface area contributed by atoms with Crippen LogP contribution < -0.4 is 0 Å². The number of rotatable bonds is 7. The molecule has 1 unspecified atom stereocenters. The predicted molar refractivity (Wildman–Crippen MR) is 192 cm³/mol. The molecule has 266 valence electrons. The van der Waals surface area contributed by atoms with Gasteiger partial charge in [-0.15, -0.1) is 0 Å². The Bertz CT molecular complexity index is 1670. The van der Waals surface area contributed by atoms with Gasteiger partial charge in [-0.3, -0.25) is 4.55 Å². The average molecular weight is 695 g/mol. The molecule has 50 heavy (non-hydrogen) atoms. The number of ether oxygens (including phenoxy) is 1. The fraction of sp³-hybridized carbons (Fsp3) is 0.705. The lowest BCUT2D eigenvalue weighted by molar-refractivity contribution is -0.0131. The standard InChI is InChI=1S/C44H54O5S/c45-40(49-41(50(46,47)48)35-4-2-1-3-5-35)39-37(43-20-29-9-30(21-43)11-31(10-29)22-43)15-36(42-17-26-6-27(18-42)8-28(7-26)19-42)16-38(39)44-23-32-12-33(24-44)14-34(13-32)25-44/h1-5,15-16,26-34,41H,6-14,17-25H2,(H,46,47,48). The van der Waals surface area contributed by atoms with Crippen LogP contribution in [0.5, 0.6) is 0 Å². The SMILES string of the molecule is O=C(OC(c1ccccc1)S(=O)(=O)O)c1c(C23CC4CC(CC(C4)C2)C3)cc(C23CC4CC(CC(C4)C2)C3)cc1C12CC3CC(CC(C3)C1)C2. The second-order valence-electron chi connectivity index (χ2n) is 20.2. The molecule has 6 heteroatoms. The van der Waals surface area contributed by atoms with Crippen molar-refractivity contribution in [2.24, 2.45) is 53.3 Å². The predicted octanol–water partition coefficient (Wildman–Crippen LogP) is 9.83. The van der Waals surface area contributed by atoms with Gasteiger partial charge >= 0.3 is 16.1 Å².